The second-order valence-corrected chi connectivity index (χ2v) is 17.8. The molecule has 2 aliphatic heterocycles. The molecule has 0 radical (unpaired) electrons. The molecule has 7 nitrogen and oxygen atoms in total. The number of rotatable bonds is 12. The summed E-state index contributed by atoms with van der Waals surface area (Å²) in [5.74, 6) is 1.44. The smallest absolute Gasteiger partial charge is 0.252 e. The van der Waals surface area contributed by atoms with E-state index in [1.165, 1.54) is 51.9 Å². The van der Waals surface area contributed by atoms with E-state index in [2.05, 4.69) is 59.2 Å². The van der Waals surface area contributed by atoms with Crippen LogP contribution < -0.4 is 25.8 Å². The fourth-order valence-electron chi connectivity index (χ4n) is 9.30. The number of nitrogens with one attached hydrogen (secondary N) is 2. The van der Waals surface area contributed by atoms with Crippen LogP contribution in [0.5, 0.6) is 11.5 Å². The van der Waals surface area contributed by atoms with Crippen molar-refractivity contribution in [2.24, 2.45) is 10.7 Å². The highest BCUT2D eigenvalue weighted by atomic mass is 35.5. The number of aliphatic imine (C=N–C) groups is 1. The molecule has 2 heterocycles. The second-order valence-electron chi connectivity index (χ2n) is 16.1. The molecule has 2 fully saturated rings. The van der Waals surface area contributed by atoms with Crippen LogP contribution in [-0.2, 0) is 23.7 Å². The van der Waals surface area contributed by atoms with Crippen molar-refractivity contribution in [3.05, 3.63) is 162 Å². The predicted octanol–water partition coefficient (Wildman–Crippen LogP) is 10.9. The zero-order chi connectivity index (χ0) is 41.7. The van der Waals surface area contributed by atoms with Crippen molar-refractivity contribution < 1.29 is 14.3 Å². The number of amides is 1. The van der Waals surface area contributed by atoms with Gasteiger partial charge in [0.15, 0.2) is 0 Å². The van der Waals surface area contributed by atoms with Gasteiger partial charge in [-0.3, -0.25) is 9.79 Å². The van der Waals surface area contributed by atoms with Gasteiger partial charge in [0.05, 0.1) is 22.8 Å². The van der Waals surface area contributed by atoms with Gasteiger partial charge >= 0.3 is 0 Å². The predicted molar refractivity (Wildman–Crippen MR) is 245 cm³/mol. The minimum atomic E-state index is -0.250. The highest BCUT2D eigenvalue weighted by Gasteiger charge is 2.48. The molecule has 5 aromatic rings. The Hall–Kier alpha value is -4.08. The zero-order valence-electron chi connectivity index (χ0n) is 33.6. The Labute approximate surface area is 373 Å². The number of halogens is 4. The lowest BCUT2D eigenvalue weighted by atomic mass is 9.58. The molecule has 0 spiro atoms. The number of nitrogens with zero attached hydrogens (tertiary/aromatic N) is 1. The molecule has 11 heteroatoms. The van der Waals surface area contributed by atoms with Crippen molar-refractivity contribution in [1.29, 1.82) is 0 Å². The maximum Gasteiger partial charge on any atom is 0.252 e. The van der Waals surface area contributed by atoms with E-state index in [4.69, 9.17) is 66.6 Å². The largest absolute Gasteiger partial charge is 0.492 e. The van der Waals surface area contributed by atoms with E-state index >= 15 is 0 Å². The monoisotopic (exact) mass is 882 g/mol. The van der Waals surface area contributed by atoms with Gasteiger partial charge in [-0.15, -0.1) is 0 Å². The second kappa shape index (κ2) is 18.9. The van der Waals surface area contributed by atoms with E-state index in [0.717, 1.165) is 73.2 Å². The standard InChI is InChI=1S/C28H27Cl3N2O2.C21H23ClN2O/c29-20-5-3-19(4-6-20)28(11-1-12-28)26-24-17-22(8-2-18(24)10-13-32-26)35-15-14-33-27(34)23-9-7-21(30)16-25(23)31;22-17-5-3-16(4-6-17)21(9-1-10-21)20-19-14-18(25-13-11-23)7-2-15(19)8-12-24-20/h2-9,16-17,26,32H,1,10-15H2,(H,33,34);2-7,14H,1,8-13,23H2. The third-order valence-corrected chi connectivity index (χ3v) is 13.7. The van der Waals surface area contributed by atoms with Crippen LogP contribution in [0.1, 0.15) is 88.3 Å². The lowest BCUT2D eigenvalue weighted by molar-refractivity contribution is 0.0947. The summed E-state index contributed by atoms with van der Waals surface area (Å²) >= 11 is 24.3. The number of carbonyl (C=O) groups is 1. The molecule has 2 saturated carbocycles. The quantitative estimate of drug-likeness (QED) is 0.108. The minimum absolute atomic E-state index is 0.0201. The molecule has 2 aliphatic carbocycles. The van der Waals surface area contributed by atoms with Crippen molar-refractivity contribution in [2.75, 3.05) is 39.4 Å². The lowest BCUT2D eigenvalue weighted by Gasteiger charge is -2.50. The fraction of sp³-hybridized carbons (Fsp3) is 0.347. The third kappa shape index (κ3) is 8.95. The molecule has 1 atom stereocenters. The average Bonchev–Trinajstić information content (AvgIpc) is 3.22. The number of hydrogen-bond donors (Lipinski definition) is 3. The topological polar surface area (TPSA) is 98.0 Å². The highest BCUT2D eigenvalue weighted by molar-refractivity contribution is 6.36. The first-order valence-corrected chi connectivity index (χ1v) is 22.5. The molecule has 0 bridgehead atoms. The first-order valence-electron chi connectivity index (χ1n) is 20.9. The summed E-state index contributed by atoms with van der Waals surface area (Å²) in [6.07, 6.45) is 9.03. The number of benzene rings is 5. The van der Waals surface area contributed by atoms with E-state index < -0.39 is 0 Å². The van der Waals surface area contributed by atoms with E-state index in [9.17, 15) is 4.79 Å². The van der Waals surface area contributed by atoms with Crippen molar-refractivity contribution >= 4 is 58.0 Å². The van der Waals surface area contributed by atoms with Gasteiger partial charge in [0.25, 0.3) is 5.91 Å². The van der Waals surface area contributed by atoms with Crippen LogP contribution in [0.3, 0.4) is 0 Å². The van der Waals surface area contributed by atoms with Crippen molar-refractivity contribution in [3.63, 3.8) is 0 Å². The van der Waals surface area contributed by atoms with Crippen LogP contribution in [0.25, 0.3) is 0 Å². The highest BCUT2D eigenvalue weighted by Crippen LogP contribution is 2.54. The summed E-state index contributed by atoms with van der Waals surface area (Å²) in [5, 5.41) is 9.02. The van der Waals surface area contributed by atoms with Gasteiger partial charge < -0.3 is 25.8 Å². The summed E-state index contributed by atoms with van der Waals surface area (Å²) in [6, 6.07) is 34.4. The number of carbonyl (C=O) groups excluding carboxylic acids is 1. The number of fused-ring (bicyclic) bond motifs is 2. The van der Waals surface area contributed by atoms with E-state index in [0.29, 0.717) is 41.9 Å². The Bertz CT molecular complexity index is 2340. The van der Waals surface area contributed by atoms with Crippen LogP contribution >= 0.6 is 46.4 Å². The van der Waals surface area contributed by atoms with Crippen LogP contribution in [0.15, 0.2) is 108 Å². The molecule has 9 rings (SSSR count). The Balaban J connectivity index is 0.000000176. The first kappa shape index (κ1) is 42.6. The summed E-state index contributed by atoms with van der Waals surface area (Å²) in [6.45, 7) is 3.61. The number of hydrogen-bond acceptors (Lipinski definition) is 6. The van der Waals surface area contributed by atoms with Crippen molar-refractivity contribution in [3.8, 4) is 11.5 Å². The number of nitrogens with two attached hydrogens (primary N) is 1. The van der Waals surface area contributed by atoms with Gasteiger partial charge in [-0.05, 0) is 140 Å². The molecule has 1 amide bonds. The van der Waals surface area contributed by atoms with Gasteiger partial charge in [-0.25, -0.2) is 0 Å². The molecule has 1 unspecified atom stereocenters. The summed E-state index contributed by atoms with van der Waals surface area (Å²) in [7, 11) is 0. The summed E-state index contributed by atoms with van der Waals surface area (Å²) in [5.41, 5.74) is 15.2. The van der Waals surface area contributed by atoms with E-state index in [-0.39, 0.29) is 22.8 Å². The van der Waals surface area contributed by atoms with Gasteiger partial charge in [-0.2, -0.15) is 0 Å². The fourth-order valence-corrected chi connectivity index (χ4v) is 10.0. The molecular formula is C49H50Cl4N4O3. The normalized spacial score (nSPS) is 18.2. The molecule has 312 valence electrons. The average molecular weight is 885 g/mol. The zero-order valence-corrected chi connectivity index (χ0v) is 36.6. The molecule has 0 aromatic heterocycles. The Morgan fingerprint density at radius 3 is 2.03 bits per heavy atom. The number of ether oxygens (including phenoxy) is 2. The van der Waals surface area contributed by atoms with Gasteiger partial charge in [0.2, 0.25) is 0 Å². The van der Waals surface area contributed by atoms with Gasteiger partial charge in [0.1, 0.15) is 24.7 Å². The maximum atomic E-state index is 12.4. The molecular weight excluding hydrogens is 834 g/mol. The molecule has 4 N–H and O–H groups in total. The van der Waals surface area contributed by atoms with Gasteiger partial charge in [0, 0.05) is 50.6 Å². The maximum absolute atomic E-state index is 12.4. The molecule has 0 saturated heterocycles. The van der Waals surface area contributed by atoms with Crippen LogP contribution in [0.2, 0.25) is 20.1 Å². The van der Waals surface area contributed by atoms with Gasteiger partial charge in [-0.1, -0.05) is 95.6 Å². The third-order valence-electron chi connectivity index (χ3n) is 12.7. The van der Waals surface area contributed by atoms with Crippen molar-refractivity contribution in [1.82, 2.24) is 10.6 Å². The van der Waals surface area contributed by atoms with Crippen LogP contribution in [-0.4, -0.2) is 51.0 Å². The Morgan fingerprint density at radius 1 is 0.733 bits per heavy atom. The van der Waals surface area contributed by atoms with Crippen LogP contribution in [0, 0.1) is 0 Å². The molecule has 5 aromatic carbocycles. The van der Waals surface area contributed by atoms with E-state index in [1.54, 1.807) is 18.2 Å². The SMILES string of the molecule is NCCOc1ccc2c(c1)C(C1(c3ccc(Cl)cc3)CCC1)=NCC2.O=C(NCCOc1ccc2c(c1)C(C1(c3ccc(Cl)cc3)CCC1)NCC2)c1ccc(Cl)cc1Cl. The summed E-state index contributed by atoms with van der Waals surface area (Å²) in [4.78, 5) is 17.4. The Kier molecular flexibility index (Phi) is 13.4. The van der Waals surface area contributed by atoms with E-state index in [1.807, 2.05) is 36.4 Å². The first-order chi connectivity index (χ1) is 29.2. The molecule has 60 heavy (non-hydrogen) atoms. The lowest BCUT2D eigenvalue weighted by Crippen LogP contribution is -2.49. The minimum Gasteiger partial charge on any atom is -0.492 e. The summed E-state index contributed by atoms with van der Waals surface area (Å²) < 4.78 is 11.8. The Morgan fingerprint density at radius 2 is 1.38 bits per heavy atom. The van der Waals surface area contributed by atoms with Crippen molar-refractivity contribution in [2.45, 2.75) is 68.2 Å². The van der Waals surface area contributed by atoms with Crippen LogP contribution in [0.4, 0.5) is 0 Å². The molecule has 4 aliphatic rings.